The Morgan fingerprint density at radius 3 is 2.39 bits per heavy atom. The Kier molecular flexibility index (Phi) is 4.04. The lowest BCUT2D eigenvalue weighted by Gasteiger charge is -2.36. The van der Waals surface area contributed by atoms with Crippen LogP contribution in [0.5, 0.6) is 0 Å². The molecule has 2 aliphatic heterocycles. The van der Waals surface area contributed by atoms with E-state index in [1.165, 1.54) is 24.3 Å². The van der Waals surface area contributed by atoms with E-state index >= 15 is 0 Å². The summed E-state index contributed by atoms with van der Waals surface area (Å²) >= 11 is 0. The van der Waals surface area contributed by atoms with Crippen LogP contribution in [-0.4, -0.2) is 48.7 Å². The molecule has 7 heteroatoms. The van der Waals surface area contributed by atoms with Gasteiger partial charge in [0.1, 0.15) is 6.04 Å². The molecule has 2 aliphatic rings. The van der Waals surface area contributed by atoms with Gasteiger partial charge >= 0.3 is 5.97 Å². The van der Waals surface area contributed by atoms with Crippen molar-refractivity contribution in [3.8, 4) is 0 Å². The predicted octanol–water partition coefficient (Wildman–Crippen LogP) is 0.410. The average Bonchev–Trinajstić information content (AvgIpc) is 2.85. The molecule has 1 aromatic carbocycles. The summed E-state index contributed by atoms with van der Waals surface area (Å²) in [4.78, 5) is 35.3. The number of carboxylic acid groups (broad SMARTS) is 1. The van der Waals surface area contributed by atoms with Gasteiger partial charge in [0, 0.05) is 30.7 Å². The largest absolute Gasteiger partial charge is 0.478 e. The third-order valence-corrected chi connectivity index (χ3v) is 4.65. The summed E-state index contributed by atoms with van der Waals surface area (Å²) in [6, 6.07) is 5.05. The zero-order valence-corrected chi connectivity index (χ0v) is 12.5. The third kappa shape index (κ3) is 2.92. The molecule has 0 aliphatic carbocycles. The second kappa shape index (κ2) is 6.00. The maximum atomic E-state index is 12.4. The Morgan fingerprint density at radius 2 is 1.78 bits per heavy atom. The molecule has 1 unspecified atom stereocenters. The van der Waals surface area contributed by atoms with Gasteiger partial charge in [0.2, 0.25) is 5.91 Å². The number of nitrogens with one attached hydrogen (secondary N) is 2. The Balaban J connectivity index is 1.75. The van der Waals surface area contributed by atoms with E-state index in [0.29, 0.717) is 38.2 Å². The van der Waals surface area contributed by atoms with Crippen molar-refractivity contribution in [1.29, 1.82) is 0 Å². The molecule has 1 spiro atoms. The van der Waals surface area contributed by atoms with Crippen LogP contribution in [0.15, 0.2) is 24.3 Å². The number of aromatic carboxylic acids is 1. The SMILES string of the molecule is O=C(O)c1ccc(C(=O)NC2C(=O)NCC23CCOCC3)cc1. The van der Waals surface area contributed by atoms with E-state index in [1.807, 2.05) is 0 Å². The van der Waals surface area contributed by atoms with E-state index in [9.17, 15) is 14.4 Å². The second-order valence-electron chi connectivity index (χ2n) is 5.98. The minimum absolute atomic E-state index is 0.112. The number of carbonyl (C=O) groups is 3. The number of hydrogen-bond donors (Lipinski definition) is 3. The van der Waals surface area contributed by atoms with E-state index in [4.69, 9.17) is 9.84 Å². The molecule has 7 nitrogen and oxygen atoms in total. The Labute approximate surface area is 133 Å². The predicted molar refractivity (Wildman–Crippen MR) is 80.2 cm³/mol. The van der Waals surface area contributed by atoms with Crippen LogP contribution in [0.2, 0.25) is 0 Å². The number of amides is 2. The molecule has 3 rings (SSSR count). The molecule has 3 N–H and O–H groups in total. The first-order valence-electron chi connectivity index (χ1n) is 7.51. The van der Waals surface area contributed by atoms with Crippen molar-refractivity contribution >= 4 is 17.8 Å². The highest BCUT2D eigenvalue weighted by atomic mass is 16.5. The first-order valence-corrected chi connectivity index (χ1v) is 7.51. The molecular weight excluding hydrogens is 300 g/mol. The molecule has 0 bridgehead atoms. The maximum absolute atomic E-state index is 12.4. The van der Waals surface area contributed by atoms with Gasteiger partial charge in [-0.1, -0.05) is 0 Å². The minimum atomic E-state index is -1.05. The number of carboxylic acids is 1. The lowest BCUT2D eigenvalue weighted by atomic mass is 9.76. The van der Waals surface area contributed by atoms with Gasteiger partial charge in [0.05, 0.1) is 5.56 Å². The van der Waals surface area contributed by atoms with Crippen LogP contribution < -0.4 is 10.6 Å². The molecule has 1 aromatic rings. The van der Waals surface area contributed by atoms with Crippen LogP contribution in [0.4, 0.5) is 0 Å². The van der Waals surface area contributed by atoms with Crippen molar-refractivity contribution in [2.75, 3.05) is 19.8 Å². The van der Waals surface area contributed by atoms with Gasteiger partial charge in [-0.15, -0.1) is 0 Å². The fraction of sp³-hybridized carbons (Fsp3) is 0.438. The fourth-order valence-corrected chi connectivity index (χ4v) is 3.19. The zero-order chi connectivity index (χ0) is 16.4. The zero-order valence-electron chi connectivity index (χ0n) is 12.5. The molecule has 2 heterocycles. The molecule has 1 atom stereocenters. The monoisotopic (exact) mass is 318 g/mol. The van der Waals surface area contributed by atoms with Crippen LogP contribution in [0.1, 0.15) is 33.6 Å². The Bertz CT molecular complexity index is 634. The van der Waals surface area contributed by atoms with Gasteiger partial charge in [-0.2, -0.15) is 0 Å². The van der Waals surface area contributed by atoms with Gasteiger partial charge in [-0.05, 0) is 37.1 Å². The lowest BCUT2D eigenvalue weighted by molar-refractivity contribution is -0.122. The molecule has 0 aromatic heterocycles. The van der Waals surface area contributed by atoms with Crippen molar-refractivity contribution in [3.05, 3.63) is 35.4 Å². The van der Waals surface area contributed by atoms with Gasteiger partial charge in [0.25, 0.3) is 5.91 Å². The molecule has 0 radical (unpaired) electrons. The highest BCUT2D eigenvalue weighted by Crippen LogP contribution is 2.37. The van der Waals surface area contributed by atoms with Crippen molar-refractivity contribution < 1.29 is 24.2 Å². The topological polar surface area (TPSA) is 105 Å². The van der Waals surface area contributed by atoms with Gasteiger partial charge in [0.15, 0.2) is 0 Å². The van der Waals surface area contributed by atoms with Crippen LogP contribution in [0.3, 0.4) is 0 Å². The van der Waals surface area contributed by atoms with Crippen molar-refractivity contribution in [2.24, 2.45) is 5.41 Å². The third-order valence-electron chi connectivity index (χ3n) is 4.65. The highest BCUT2D eigenvalue weighted by Gasteiger charge is 2.49. The van der Waals surface area contributed by atoms with E-state index in [1.54, 1.807) is 0 Å². The maximum Gasteiger partial charge on any atom is 0.335 e. The van der Waals surface area contributed by atoms with Crippen molar-refractivity contribution in [2.45, 2.75) is 18.9 Å². The second-order valence-corrected chi connectivity index (χ2v) is 5.98. The first-order chi connectivity index (χ1) is 11.0. The minimum Gasteiger partial charge on any atom is -0.478 e. The average molecular weight is 318 g/mol. The number of carbonyl (C=O) groups excluding carboxylic acids is 2. The van der Waals surface area contributed by atoms with E-state index in [-0.39, 0.29) is 22.8 Å². The molecule has 2 fully saturated rings. The summed E-state index contributed by atoms with van der Waals surface area (Å²) < 4.78 is 5.36. The lowest BCUT2D eigenvalue weighted by Crippen LogP contribution is -2.51. The van der Waals surface area contributed by atoms with Crippen molar-refractivity contribution in [3.63, 3.8) is 0 Å². The van der Waals surface area contributed by atoms with Crippen LogP contribution in [0, 0.1) is 5.41 Å². The Morgan fingerprint density at radius 1 is 1.17 bits per heavy atom. The number of ether oxygens (including phenoxy) is 1. The van der Waals surface area contributed by atoms with Crippen LogP contribution in [-0.2, 0) is 9.53 Å². The number of benzene rings is 1. The molecule has 2 saturated heterocycles. The number of rotatable bonds is 3. The van der Waals surface area contributed by atoms with Crippen LogP contribution in [0.25, 0.3) is 0 Å². The normalized spacial score (nSPS) is 22.6. The summed E-state index contributed by atoms with van der Waals surface area (Å²) in [6.07, 6.45) is 1.43. The summed E-state index contributed by atoms with van der Waals surface area (Å²) in [6.45, 7) is 1.70. The first kappa shape index (κ1) is 15.5. The summed E-state index contributed by atoms with van der Waals surface area (Å²) in [7, 11) is 0. The standard InChI is InChI=1S/C16H18N2O5/c19-13(10-1-3-11(4-2-10)15(21)22)18-12-14(20)17-9-16(12)5-7-23-8-6-16/h1-4,12H,5-9H2,(H,17,20)(H,18,19)(H,21,22). The van der Waals surface area contributed by atoms with Gasteiger partial charge in [-0.3, -0.25) is 9.59 Å². The molecule has 0 saturated carbocycles. The van der Waals surface area contributed by atoms with Gasteiger partial charge < -0.3 is 20.5 Å². The summed E-state index contributed by atoms with van der Waals surface area (Å²) in [5.74, 6) is -1.61. The number of hydrogen-bond acceptors (Lipinski definition) is 4. The molecule has 2 amide bonds. The summed E-state index contributed by atoms with van der Waals surface area (Å²) in [5.41, 5.74) is 0.143. The smallest absolute Gasteiger partial charge is 0.335 e. The van der Waals surface area contributed by atoms with Crippen molar-refractivity contribution in [1.82, 2.24) is 10.6 Å². The van der Waals surface area contributed by atoms with E-state index in [2.05, 4.69) is 10.6 Å². The Hall–Kier alpha value is -2.41. The van der Waals surface area contributed by atoms with Gasteiger partial charge in [-0.25, -0.2) is 4.79 Å². The van der Waals surface area contributed by atoms with E-state index < -0.39 is 12.0 Å². The van der Waals surface area contributed by atoms with Crippen LogP contribution >= 0.6 is 0 Å². The summed E-state index contributed by atoms with van der Waals surface area (Å²) in [5, 5.41) is 14.5. The molecule has 122 valence electrons. The van der Waals surface area contributed by atoms with E-state index in [0.717, 1.165) is 0 Å². The highest BCUT2D eigenvalue weighted by molar-refractivity contribution is 5.99. The fourth-order valence-electron chi connectivity index (χ4n) is 3.19. The molecular formula is C16H18N2O5. The quantitative estimate of drug-likeness (QED) is 0.749. The molecule has 23 heavy (non-hydrogen) atoms.